The van der Waals surface area contributed by atoms with E-state index in [4.69, 9.17) is 9.47 Å². The van der Waals surface area contributed by atoms with Gasteiger partial charge in [0, 0.05) is 17.8 Å². The lowest BCUT2D eigenvalue weighted by Gasteiger charge is -2.33. The SMILES string of the molecule is COC(=O)[C@@H]1CN(C(=O)c2cnc3sccn3c2=O)c2ccccc2O1. The fourth-order valence-electron chi connectivity index (χ4n) is 2.80. The van der Waals surface area contributed by atoms with Crippen molar-refractivity contribution in [3.8, 4) is 5.75 Å². The molecule has 132 valence electrons. The Kier molecular flexibility index (Phi) is 3.92. The van der Waals surface area contributed by atoms with E-state index in [2.05, 4.69) is 4.98 Å². The van der Waals surface area contributed by atoms with Crippen LogP contribution in [0.2, 0.25) is 0 Å². The van der Waals surface area contributed by atoms with Crippen molar-refractivity contribution < 1.29 is 19.1 Å². The first-order valence-corrected chi connectivity index (χ1v) is 8.58. The highest BCUT2D eigenvalue weighted by Crippen LogP contribution is 2.34. The van der Waals surface area contributed by atoms with Gasteiger partial charge in [0.05, 0.1) is 19.3 Å². The maximum absolute atomic E-state index is 13.1. The summed E-state index contributed by atoms with van der Waals surface area (Å²) in [5.74, 6) is -0.777. The molecule has 0 N–H and O–H groups in total. The Balaban J connectivity index is 1.79. The molecule has 1 aliphatic rings. The van der Waals surface area contributed by atoms with Gasteiger partial charge in [-0.25, -0.2) is 9.78 Å². The number of amides is 1. The standard InChI is InChI=1S/C17H13N3O5S/c1-24-16(23)13-9-20(11-4-2-3-5-12(11)25-13)15(22)10-8-18-17-19(14(10)21)6-7-26-17/h2-8,13H,9H2,1H3/t13-/m0/s1. The molecule has 3 aromatic rings. The van der Waals surface area contributed by atoms with E-state index in [1.165, 1.54) is 33.9 Å². The van der Waals surface area contributed by atoms with Crippen LogP contribution in [0.15, 0.2) is 46.8 Å². The first-order chi connectivity index (χ1) is 12.6. The summed E-state index contributed by atoms with van der Waals surface area (Å²) < 4.78 is 11.7. The summed E-state index contributed by atoms with van der Waals surface area (Å²) in [6.45, 7) is -0.0612. The Hall–Kier alpha value is -3.20. The van der Waals surface area contributed by atoms with Gasteiger partial charge in [0.25, 0.3) is 11.5 Å². The number of hydrogen-bond acceptors (Lipinski definition) is 7. The number of rotatable bonds is 2. The van der Waals surface area contributed by atoms with Crippen LogP contribution in [0.1, 0.15) is 10.4 Å². The fraction of sp³-hybridized carbons (Fsp3) is 0.176. The van der Waals surface area contributed by atoms with Crippen LogP contribution in [-0.2, 0) is 9.53 Å². The normalized spacial score (nSPS) is 16.0. The van der Waals surface area contributed by atoms with Gasteiger partial charge in [-0.15, -0.1) is 11.3 Å². The number of carbonyl (C=O) groups is 2. The Morgan fingerprint density at radius 2 is 2.15 bits per heavy atom. The fourth-order valence-corrected chi connectivity index (χ4v) is 3.47. The number of thiazole rings is 1. The highest BCUT2D eigenvalue weighted by atomic mass is 32.1. The molecule has 0 unspecified atom stereocenters. The summed E-state index contributed by atoms with van der Waals surface area (Å²) in [5.41, 5.74) is -0.0615. The van der Waals surface area contributed by atoms with Crippen LogP contribution in [-0.4, -0.2) is 41.0 Å². The smallest absolute Gasteiger partial charge is 0.348 e. The molecule has 0 bridgehead atoms. The van der Waals surface area contributed by atoms with Gasteiger partial charge in [-0.1, -0.05) is 12.1 Å². The van der Waals surface area contributed by atoms with Crippen LogP contribution in [0.4, 0.5) is 5.69 Å². The molecule has 0 fully saturated rings. The van der Waals surface area contributed by atoms with Crippen LogP contribution in [0.25, 0.3) is 4.96 Å². The van der Waals surface area contributed by atoms with Crippen molar-refractivity contribution in [1.82, 2.24) is 9.38 Å². The van der Waals surface area contributed by atoms with Gasteiger partial charge in [0.1, 0.15) is 11.3 Å². The summed E-state index contributed by atoms with van der Waals surface area (Å²) in [6.07, 6.45) is 1.86. The quantitative estimate of drug-likeness (QED) is 0.632. The molecule has 3 heterocycles. The van der Waals surface area contributed by atoms with E-state index in [-0.39, 0.29) is 12.1 Å². The summed E-state index contributed by atoms with van der Waals surface area (Å²) in [4.78, 5) is 43.6. The molecule has 0 spiro atoms. The molecular formula is C17H13N3O5S. The number of nitrogens with zero attached hydrogens (tertiary/aromatic N) is 3. The molecule has 0 aliphatic carbocycles. The average Bonchev–Trinajstić information content (AvgIpc) is 3.16. The zero-order chi connectivity index (χ0) is 18.3. The molecule has 26 heavy (non-hydrogen) atoms. The third-order valence-corrected chi connectivity index (χ3v) is 4.83. The third kappa shape index (κ3) is 2.53. The number of fused-ring (bicyclic) bond motifs is 2. The van der Waals surface area contributed by atoms with E-state index >= 15 is 0 Å². The Morgan fingerprint density at radius 3 is 2.96 bits per heavy atom. The summed E-state index contributed by atoms with van der Waals surface area (Å²) in [5, 5.41) is 1.72. The predicted molar refractivity (Wildman–Crippen MR) is 93.9 cm³/mol. The zero-order valence-corrected chi connectivity index (χ0v) is 14.4. The second kappa shape index (κ2) is 6.26. The van der Waals surface area contributed by atoms with Gasteiger partial charge >= 0.3 is 5.97 Å². The van der Waals surface area contributed by atoms with Crippen LogP contribution in [0, 0.1) is 0 Å². The number of carbonyl (C=O) groups excluding carboxylic acids is 2. The van der Waals surface area contributed by atoms with Gasteiger partial charge in [-0.2, -0.15) is 0 Å². The van der Waals surface area contributed by atoms with Gasteiger partial charge in [-0.3, -0.25) is 14.0 Å². The van der Waals surface area contributed by atoms with Gasteiger partial charge in [-0.05, 0) is 12.1 Å². The first kappa shape index (κ1) is 16.3. The summed E-state index contributed by atoms with van der Waals surface area (Å²) in [7, 11) is 1.25. The molecule has 1 aromatic carbocycles. The van der Waals surface area contributed by atoms with Crippen molar-refractivity contribution in [3.05, 3.63) is 58.0 Å². The monoisotopic (exact) mass is 371 g/mol. The minimum Gasteiger partial charge on any atom is -0.475 e. The van der Waals surface area contributed by atoms with Crippen molar-refractivity contribution in [2.24, 2.45) is 0 Å². The topological polar surface area (TPSA) is 90.2 Å². The molecule has 0 radical (unpaired) electrons. The van der Waals surface area contributed by atoms with Crippen LogP contribution in [0.5, 0.6) is 5.75 Å². The molecule has 1 atom stereocenters. The maximum atomic E-state index is 13.1. The number of anilines is 1. The van der Waals surface area contributed by atoms with E-state index in [9.17, 15) is 14.4 Å². The van der Waals surface area contributed by atoms with Crippen molar-refractivity contribution in [1.29, 1.82) is 0 Å². The third-order valence-electron chi connectivity index (χ3n) is 4.06. The highest BCUT2D eigenvalue weighted by molar-refractivity contribution is 7.15. The maximum Gasteiger partial charge on any atom is 0.348 e. The Morgan fingerprint density at radius 1 is 1.35 bits per heavy atom. The van der Waals surface area contributed by atoms with Crippen LogP contribution >= 0.6 is 11.3 Å². The number of para-hydroxylation sites is 2. The lowest BCUT2D eigenvalue weighted by Crippen LogP contribution is -2.48. The van der Waals surface area contributed by atoms with Crippen LogP contribution in [0.3, 0.4) is 0 Å². The number of ether oxygens (including phenoxy) is 2. The van der Waals surface area contributed by atoms with Gasteiger partial charge < -0.3 is 14.4 Å². The van der Waals surface area contributed by atoms with Crippen molar-refractivity contribution >= 4 is 33.9 Å². The second-order valence-corrected chi connectivity index (χ2v) is 6.42. The second-order valence-electron chi connectivity index (χ2n) is 5.55. The number of aromatic nitrogens is 2. The Bertz CT molecular complexity index is 1070. The lowest BCUT2D eigenvalue weighted by atomic mass is 10.1. The Labute approximate surface area is 151 Å². The van der Waals surface area contributed by atoms with Crippen molar-refractivity contribution in [3.63, 3.8) is 0 Å². The zero-order valence-electron chi connectivity index (χ0n) is 13.6. The minimum atomic E-state index is -0.973. The number of esters is 1. The minimum absolute atomic E-state index is 0.0612. The molecule has 4 rings (SSSR count). The first-order valence-electron chi connectivity index (χ1n) is 7.70. The molecule has 1 aliphatic heterocycles. The molecule has 1 amide bonds. The van der Waals surface area contributed by atoms with Gasteiger partial charge in [0.2, 0.25) is 6.10 Å². The number of hydrogen-bond donors (Lipinski definition) is 0. The summed E-state index contributed by atoms with van der Waals surface area (Å²) in [6, 6.07) is 6.82. The predicted octanol–water partition coefficient (Wildman–Crippen LogP) is 1.34. The van der Waals surface area contributed by atoms with E-state index in [1.807, 2.05) is 0 Å². The van der Waals surface area contributed by atoms with Crippen LogP contribution < -0.4 is 15.2 Å². The van der Waals surface area contributed by atoms with E-state index in [1.54, 1.807) is 35.8 Å². The molecule has 8 nitrogen and oxygen atoms in total. The van der Waals surface area contributed by atoms with Crippen molar-refractivity contribution in [2.75, 3.05) is 18.6 Å². The highest BCUT2D eigenvalue weighted by Gasteiger charge is 2.35. The molecule has 9 heteroatoms. The molecule has 0 saturated heterocycles. The largest absolute Gasteiger partial charge is 0.475 e. The summed E-state index contributed by atoms with van der Waals surface area (Å²) >= 11 is 1.30. The van der Waals surface area contributed by atoms with E-state index in [0.29, 0.717) is 16.4 Å². The van der Waals surface area contributed by atoms with Gasteiger partial charge in [0.15, 0.2) is 4.96 Å². The van der Waals surface area contributed by atoms with E-state index in [0.717, 1.165) is 0 Å². The molecule has 0 saturated carbocycles. The molecule has 2 aromatic heterocycles. The number of benzene rings is 1. The van der Waals surface area contributed by atoms with E-state index < -0.39 is 23.5 Å². The lowest BCUT2D eigenvalue weighted by molar-refractivity contribution is -0.148. The van der Waals surface area contributed by atoms with Crippen molar-refractivity contribution in [2.45, 2.75) is 6.10 Å². The molecular weight excluding hydrogens is 358 g/mol. The number of methoxy groups -OCH3 is 1. The average molecular weight is 371 g/mol.